The zero-order valence-electron chi connectivity index (χ0n) is 13.1. The van der Waals surface area contributed by atoms with Crippen molar-refractivity contribution in [2.45, 2.75) is 77.7 Å². The summed E-state index contributed by atoms with van der Waals surface area (Å²) in [6, 6.07) is 0. The van der Waals surface area contributed by atoms with E-state index in [0.29, 0.717) is 18.8 Å². The van der Waals surface area contributed by atoms with Crippen molar-refractivity contribution in [2.75, 3.05) is 0 Å². The molecule has 0 bridgehead atoms. The first-order chi connectivity index (χ1) is 9.45. The SMILES string of the molecule is CCCCC(CC)C(=O)NC1(C(=O)O)CCC(C)CC1. The summed E-state index contributed by atoms with van der Waals surface area (Å²) in [6.45, 7) is 6.24. The third-order valence-electron chi connectivity index (χ3n) is 4.67. The highest BCUT2D eigenvalue weighted by atomic mass is 16.4. The minimum absolute atomic E-state index is 0.0504. The highest BCUT2D eigenvalue weighted by molar-refractivity contribution is 5.88. The molecule has 1 saturated carbocycles. The van der Waals surface area contributed by atoms with Crippen LogP contribution in [0.25, 0.3) is 0 Å². The van der Waals surface area contributed by atoms with Crippen LogP contribution in [0.1, 0.15) is 72.1 Å². The second-order valence-electron chi connectivity index (χ2n) is 6.31. The van der Waals surface area contributed by atoms with Gasteiger partial charge < -0.3 is 10.4 Å². The zero-order valence-corrected chi connectivity index (χ0v) is 13.1. The van der Waals surface area contributed by atoms with Crippen LogP contribution < -0.4 is 5.32 Å². The number of carbonyl (C=O) groups is 2. The number of amides is 1. The summed E-state index contributed by atoms with van der Waals surface area (Å²) >= 11 is 0. The molecule has 0 aromatic carbocycles. The largest absolute Gasteiger partial charge is 0.480 e. The van der Waals surface area contributed by atoms with Crippen molar-refractivity contribution < 1.29 is 14.7 Å². The van der Waals surface area contributed by atoms with Crippen LogP contribution in [0.4, 0.5) is 0 Å². The molecule has 0 aromatic rings. The smallest absolute Gasteiger partial charge is 0.329 e. The van der Waals surface area contributed by atoms with E-state index in [1.54, 1.807) is 0 Å². The van der Waals surface area contributed by atoms with Crippen molar-refractivity contribution in [3.05, 3.63) is 0 Å². The molecule has 1 amide bonds. The monoisotopic (exact) mass is 283 g/mol. The van der Waals surface area contributed by atoms with Crippen LogP contribution >= 0.6 is 0 Å². The van der Waals surface area contributed by atoms with E-state index in [0.717, 1.165) is 38.5 Å². The fraction of sp³-hybridized carbons (Fsp3) is 0.875. The molecule has 20 heavy (non-hydrogen) atoms. The Morgan fingerprint density at radius 3 is 2.35 bits per heavy atom. The first-order valence-electron chi connectivity index (χ1n) is 8.00. The van der Waals surface area contributed by atoms with Crippen LogP contribution in [0, 0.1) is 11.8 Å². The van der Waals surface area contributed by atoms with Gasteiger partial charge in [-0.3, -0.25) is 4.79 Å². The normalized spacial score (nSPS) is 27.9. The Bertz CT molecular complexity index is 333. The molecule has 116 valence electrons. The Hall–Kier alpha value is -1.06. The highest BCUT2D eigenvalue weighted by Crippen LogP contribution is 2.32. The van der Waals surface area contributed by atoms with Crippen molar-refractivity contribution in [3.8, 4) is 0 Å². The highest BCUT2D eigenvalue weighted by Gasteiger charge is 2.43. The number of nitrogens with one attached hydrogen (secondary N) is 1. The van der Waals surface area contributed by atoms with Crippen molar-refractivity contribution in [3.63, 3.8) is 0 Å². The van der Waals surface area contributed by atoms with E-state index in [1.165, 1.54) is 0 Å². The summed E-state index contributed by atoms with van der Waals surface area (Å²) in [6.07, 6.45) is 6.56. The Balaban J connectivity index is 2.70. The van der Waals surface area contributed by atoms with Crippen LogP contribution in [0.15, 0.2) is 0 Å². The van der Waals surface area contributed by atoms with Gasteiger partial charge in [-0.05, 0) is 44.4 Å². The number of rotatable bonds is 7. The molecule has 2 N–H and O–H groups in total. The summed E-state index contributed by atoms with van der Waals surface area (Å²) in [5, 5.41) is 12.4. The maximum absolute atomic E-state index is 12.4. The van der Waals surface area contributed by atoms with Crippen LogP contribution in [0.3, 0.4) is 0 Å². The topological polar surface area (TPSA) is 66.4 Å². The molecule has 1 rings (SSSR count). The van der Waals surface area contributed by atoms with E-state index in [1.807, 2.05) is 6.92 Å². The van der Waals surface area contributed by atoms with Gasteiger partial charge in [0.15, 0.2) is 0 Å². The first kappa shape index (κ1) is 17.0. The summed E-state index contributed by atoms with van der Waals surface area (Å²) in [5.41, 5.74) is -1.02. The van der Waals surface area contributed by atoms with Gasteiger partial charge in [-0.25, -0.2) is 4.79 Å². The summed E-state index contributed by atoms with van der Waals surface area (Å²) in [4.78, 5) is 24.0. The van der Waals surface area contributed by atoms with E-state index < -0.39 is 11.5 Å². The molecule has 1 atom stereocenters. The molecule has 0 aromatic heterocycles. The molecule has 0 radical (unpaired) electrons. The van der Waals surface area contributed by atoms with Gasteiger partial charge in [0, 0.05) is 5.92 Å². The molecule has 0 aliphatic heterocycles. The van der Waals surface area contributed by atoms with E-state index in [4.69, 9.17) is 0 Å². The van der Waals surface area contributed by atoms with Crippen LogP contribution in [-0.2, 0) is 9.59 Å². The third-order valence-corrected chi connectivity index (χ3v) is 4.67. The number of carboxylic acids is 1. The van der Waals surface area contributed by atoms with Gasteiger partial charge in [0.25, 0.3) is 0 Å². The molecule has 0 saturated heterocycles. The minimum atomic E-state index is -1.02. The van der Waals surface area contributed by atoms with E-state index in [2.05, 4.69) is 19.2 Å². The number of hydrogen-bond donors (Lipinski definition) is 2. The maximum atomic E-state index is 12.4. The zero-order chi connectivity index (χ0) is 15.2. The van der Waals surface area contributed by atoms with Crippen molar-refractivity contribution in [2.24, 2.45) is 11.8 Å². The van der Waals surface area contributed by atoms with Gasteiger partial charge >= 0.3 is 5.97 Å². The van der Waals surface area contributed by atoms with Crippen molar-refractivity contribution in [1.82, 2.24) is 5.32 Å². The lowest BCUT2D eigenvalue weighted by Crippen LogP contribution is -2.57. The number of aliphatic carboxylic acids is 1. The van der Waals surface area contributed by atoms with Crippen molar-refractivity contribution >= 4 is 11.9 Å². The Morgan fingerprint density at radius 1 is 1.30 bits per heavy atom. The molecule has 1 unspecified atom stereocenters. The Labute approximate surface area is 122 Å². The molecule has 1 fully saturated rings. The fourth-order valence-electron chi connectivity index (χ4n) is 2.96. The molecule has 1 aliphatic rings. The van der Waals surface area contributed by atoms with Crippen LogP contribution in [0.5, 0.6) is 0 Å². The second-order valence-corrected chi connectivity index (χ2v) is 6.31. The molecule has 0 spiro atoms. The fourth-order valence-corrected chi connectivity index (χ4v) is 2.96. The summed E-state index contributed by atoms with van der Waals surface area (Å²) in [5.74, 6) is -0.437. The molecular weight excluding hydrogens is 254 g/mol. The van der Waals surface area contributed by atoms with Gasteiger partial charge in [0.1, 0.15) is 5.54 Å². The number of hydrogen-bond acceptors (Lipinski definition) is 2. The predicted octanol–water partition coefficient (Wildman–Crippen LogP) is 3.35. The lowest BCUT2D eigenvalue weighted by molar-refractivity contribution is -0.150. The average Bonchev–Trinajstić information content (AvgIpc) is 2.42. The van der Waals surface area contributed by atoms with Gasteiger partial charge in [-0.15, -0.1) is 0 Å². The number of carbonyl (C=O) groups excluding carboxylic acids is 1. The van der Waals surface area contributed by atoms with Gasteiger partial charge in [-0.2, -0.15) is 0 Å². The molecular formula is C16H29NO3. The quantitative estimate of drug-likeness (QED) is 0.753. The average molecular weight is 283 g/mol. The first-order valence-corrected chi connectivity index (χ1v) is 8.00. The van der Waals surface area contributed by atoms with Crippen LogP contribution in [0.2, 0.25) is 0 Å². The van der Waals surface area contributed by atoms with Crippen LogP contribution in [-0.4, -0.2) is 22.5 Å². The lowest BCUT2D eigenvalue weighted by atomic mass is 9.76. The summed E-state index contributed by atoms with van der Waals surface area (Å²) < 4.78 is 0. The second kappa shape index (κ2) is 7.65. The van der Waals surface area contributed by atoms with Gasteiger partial charge in [0.05, 0.1) is 0 Å². The molecule has 4 nitrogen and oxygen atoms in total. The Morgan fingerprint density at radius 2 is 1.90 bits per heavy atom. The maximum Gasteiger partial charge on any atom is 0.329 e. The van der Waals surface area contributed by atoms with Crippen molar-refractivity contribution in [1.29, 1.82) is 0 Å². The third kappa shape index (κ3) is 4.22. The Kier molecular flexibility index (Phi) is 6.50. The lowest BCUT2D eigenvalue weighted by Gasteiger charge is -2.37. The van der Waals surface area contributed by atoms with E-state index in [9.17, 15) is 14.7 Å². The molecule has 0 heterocycles. The summed E-state index contributed by atoms with van der Waals surface area (Å²) in [7, 11) is 0. The molecule has 4 heteroatoms. The van der Waals surface area contributed by atoms with E-state index >= 15 is 0 Å². The standard InChI is InChI=1S/C16H29NO3/c1-4-6-7-13(5-2)14(18)17-16(15(19)20)10-8-12(3)9-11-16/h12-13H,4-11H2,1-3H3,(H,17,18)(H,19,20). The number of unbranched alkanes of at least 4 members (excludes halogenated alkanes) is 1. The van der Waals surface area contributed by atoms with Gasteiger partial charge in [0.2, 0.25) is 5.91 Å². The molecule has 1 aliphatic carbocycles. The minimum Gasteiger partial charge on any atom is -0.480 e. The predicted molar refractivity (Wildman–Crippen MR) is 79.4 cm³/mol. The van der Waals surface area contributed by atoms with E-state index in [-0.39, 0.29) is 11.8 Å². The van der Waals surface area contributed by atoms with Gasteiger partial charge in [-0.1, -0.05) is 33.6 Å². The number of carboxylic acid groups (broad SMARTS) is 1.